The topological polar surface area (TPSA) is 76.2 Å². The molecule has 8 heteroatoms. The maximum absolute atomic E-state index is 12.9. The number of hydrogen-bond donors (Lipinski definition) is 0. The number of sulfonamides is 1. The van der Waals surface area contributed by atoms with Gasteiger partial charge in [-0.3, -0.25) is 4.79 Å². The predicted octanol–water partition coefficient (Wildman–Crippen LogP) is 0.713. The molecule has 4 rings (SSSR count). The van der Waals surface area contributed by atoms with Gasteiger partial charge in [-0.2, -0.15) is 4.31 Å². The van der Waals surface area contributed by atoms with Crippen molar-refractivity contribution in [3.8, 4) is 5.75 Å². The molecular formula is C17H22N2O5S. The Hall–Kier alpha value is -1.64. The van der Waals surface area contributed by atoms with Gasteiger partial charge < -0.3 is 14.4 Å². The van der Waals surface area contributed by atoms with Crippen molar-refractivity contribution < 1.29 is 22.7 Å². The molecule has 0 radical (unpaired) electrons. The van der Waals surface area contributed by atoms with Crippen molar-refractivity contribution in [1.29, 1.82) is 0 Å². The van der Waals surface area contributed by atoms with E-state index in [0.29, 0.717) is 43.9 Å². The van der Waals surface area contributed by atoms with Crippen molar-refractivity contribution in [2.24, 2.45) is 0 Å². The van der Waals surface area contributed by atoms with E-state index in [4.69, 9.17) is 9.47 Å². The molecule has 1 amide bonds. The molecule has 3 heterocycles. The average molecular weight is 366 g/mol. The minimum absolute atomic E-state index is 0.0941. The van der Waals surface area contributed by atoms with E-state index in [1.165, 1.54) is 4.31 Å². The quantitative estimate of drug-likeness (QED) is 0.788. The normalized spacial score (nSPS) is 33.3. The van der Waals surface area contributed by atoms with Crippen molar-refractivity contribution in [1.82, 2.24) is 9.21 Å². The van der Waals surface area contributed by atoms with Gasteiger partial charge in [-0.25, -0.2) is 8.42 Å². The maximum atomic E-state index is 12.9. The Kier molecular flexibility index (Phi) is 3.82. The third-order valence-electron chi connectivity index (χ3n) is 5.49. The molecule has 25 heavy (non-hydrogen) atoms. The van der Waals surface area contributed by atoms with Gasteiger partial charge in [0.25, 0.3) is 5.91 Å². The van der Waals surface area contributed by atoms with E-state index in [9.17, 15) is 13.2 Å². The Labute approximate surface area is 147 Å². The van der Waals surface area contributed by atoms with Crippen LogP contribution in [0.3, 0.4) is 0 Å². The summed E-state index contributed by atoms with van der Waals surface area (Å²) in [7, 11) is -1.77. The molecular weight excluding hydrogens is 344 g/mol. The minimum atomic E-state index is -3.35. The first-order valence-electron chi connectivity index (χ1n) is 8.50. The number of hydrogen-bond acceptors (Lipinski definition) is 5. The van der Waals surface area contributed by atoms with Crippen molar-refractivity contribution in [3.63, 3.8) is 0 Å². The zero-order valence-electron chi connectivity index (χ0n) is 14.3. The zero-order chi connectivity index (χ0) is 17.8. The molecule has 1 spiro atoms. The molecule has 1 aromatic rings. The fourth-order valence-electron chi connectivity index (χ4n) is 4.31. The SMILES string of the molecule is CCN1C[C@]23CN(C(=O)c4ccc(OC)cc4)C[C@H](C[C@H]2S1(=O)=O)O3. The van der Waals surface area contributed by atoms with Gasteiger partial charge in [0.1, 0.15) is 16.6 Å². The van der Waals surface area contributed by atoms with Crippen LogP contribution >= 0.6 is 0 Å². The molecule has 0 aliphatic carbocycles. The summed E-state index contributed by atoms with van der Waals surface area (Å²) in [6.07, 6.45) is 0.250. The van der Waals surface area contributed by atoms with E-state index >= 15 is 0 Å². The van der Waals surface area contributed by atoms with Gasteiger partial charge in [-0.1, -0.05) is 6.92 Å². The van der Waals surface area contributed by atoms with E-state index < -0.39 is 20.9 Å². The van der Waals surface area contributed by atoms with Gasteiger partial charge in [-0.05, 0) is 30.7 Å². The fourth-order valence-corrected chi connectivity index (χ4v) is 6.63. The number of amides is 1. The minimum Gasteiger partial charge on any atom is -0.497 e. The largest absolute Gasteiger partial charge is 0.497 e. The van der Waals surface area contributed by atoms with Crippen LogP contribution < -0.4 is 4.74 Å². The van der Waals surface area contributed by atoms with Crippen LogP contribution in [0.2, 0.25) is 0 Å². The molecule has 136 valence electrons. The second-order valence-electron chi connectivity index (χ2n) is 6.91. The molecule has 3 atom stereocenters. The van der Waals surface area contributed by atoms with Crippen molar-refractivity contribution in [3.05, 3.63) is 29.8 Å². The highest BCUT2D eigenvalue weighted by Crippen LogP contribution is 2.46. The average Bonchev–Trinajstić information content (AvgIpc) is 2.99. The van der Waals surface area contributed by atoms with Gasteiger partial charge in [0.05, 0.1) is 19.8 Å². The Morgan fingerprint density at radius 2 is 2.04 bits per heavy atom. The first kappa shape index (κ1) is 16.8. The van der Waals surface area contributed by atoms with Gasteiger partial charge in [-0.15, -0.1) is 0 Å². The maximum Gasteiger partial charge on any atom is 0.254 e. The van der Waals surface area contributed by atoms with Gasteiger partial charge >= 0.3 is 0 Å². The molecule has 2 bridgehead atoms. The molecule has 7 nitrogen and oxygen atoms in total. The summed E-state index contributed by atoms with van der Waals surface area (Å²) >= 11 is 0. The lowest BCUT2D eigenvalue weighted by atomic mass is 9.99. The zero-order valence-corrected chi connectivity index (χ0v) is 15.2. The predicted molar refractivity (Wildman–Crippen MR) is 91.1 cm³/mol. The highest BCUT2D eigenvalue weighted by molar-refractivity contribution is 7.90. The summed E-state index contributed by atoms with van der Waals surface area (Å²) in [6.45, 7) is 3.34. The van der Waals surface area contributed by atoms with Crippen LogP contribution in [0.4, 0.5) is 0 Å². The molecule has 3 aliphatic rings. The summed E-state index contributed by atoms with van der Waals surface area (Å²) < 4.78 is 38.1. The lowest BCUT2D eigenvalue weighted by Gasteiger charge is -2.39. The van der Waals surface area contributed by atoms with E-state index in [1.807, 2.05) is 6.92 Å². The molecule has 3 saturated heterocycles. The van der Waals surface area contributed by atoms with E-state index in [1.54, 1.807) is 36.3 Å². The van der Waals surface area contributed by atoms with Crippen molar-refractivity contribution in [2.75, 3.05) is 33.3 Å². The van der Waals surface area contributed by atoms with E-state index in [0.717, 1.165) is 0 Å². The molecule has 0 saturated carbocycles. The van der Waals surface area contributed by atoms with Crippen LogP contribution in [0, 0.1) is 0 Å². The first-order chi connectivity index (χ1) is 11.9. The van der Waals surface area contributed by atoms with Crippen LogP contribution in [0.1, 0.15) is 23.7 Å². The van der Waals surface area contributed by atoms with Crippen molar-refractivity contribution >= 4 is 15.9 Å². The Bertz CT molecular complexity index is 794. The Balaban J connectivity index is 1.60. The molecule has 0 aromatic heterocycles. The standard InChI is InChI=1S/C17H22N2O5S/c1-3-19-11-17-10-18(9-14(24-17)8-15(17)25(19,21)22)16(20)12-4-6-13(23-2)7-5-12/h4-7,14-15H,3,8-11H2,1-2H3/t14-,15+,17+/m0/s1. The third-order valence-corrected chi connectivity index (χ3v) is 7.94. The van der Waals surface area contributed by atoms with Crippen LogP contribution in [-0.4, -0.2) is 73.8 Å². The lowest BCUT2D eigenvalue weighted by molar-refractivity contribution is -0.0974. The number of carbonyl (C=O) groups is 1. The first-order valence-corrected chi connectivity index (χ1v) is 10.00. The second-order valence-corrected chi connectivity index (χ2v) is 9.03. The number of benzene rings is 1. The summed E-state index contributed by atoms with van der Waals surface area (Å²) in [5.41, 5.74) is -0.219. The van der Waals surface area contributed by atoms with E-state index in [-0.39, 0.29) is 12.0 Å². The lowest BCUT2D eigenvalue weighted by Crippen LogP contribution is -2.56. The molecule has 3 aliphatic heterocycles. The second kappa shape index (κ2) is 5.69. The fraction of sp³-hybridized carbons (Fsp3) is 0.588. The van der Waals surface area contributed by atoms with Gasteiger partial charge in [0.15, 0.2) is 0 Å². The molecule has 0 unspecified atom stereocenters. The smallest absolute Gasteiger partial charge is 0.254 e. The van der Waals surface area contributed by atoms with E-state index in [2.05, 4.69) is 0 Å². The molecule has 1 aromatic carbocycles. The number of likely N-dealkylation sites (N-methyl/N-ethyl adjacent to an activating group) is 1. The number of morpholine rings is 1. The number of methoxy groups -OCH3 is 1. The number of ether oxygens (including phenoxy) is 2. The van der Waals surface area contributed by atoms with Crippen LogP contribution in [-0.2, 0) is 14.8 Å². The monoisotopic (exact) mass is 366 g/mol. The van der Waals surface area contributed by atoms with Gasteiger partial charge in [0.2, 0.25) is 10.0 Å². The van der Waals surface area contributed by atoms with Crippen LogP contribution in [0.15, 0.2) is 24.3 Å². The number of nitrogens with zero attached hydrogens (tertiary/aromatic N) is 2. The highest BCUT2D eigenvalue weighted by Gasteiger charge is 2.65. The summed E-state index contributed by atoms with van der Waals surface area (Å²) in [5, 5.41) is -0.543. The summed E-state index contributed by atoms with van der Waals surface area (Å²) in [6, 6.07) is 6.97. The van der Waals surface area contributed by atoms with Crippen LogP contribution in [0.5, 0.6) is 5.75 Å². The number of rotatable bonds is 3. The summed E-state index contributed by atoms with van der Waals surface area (Å²) in [5.74, 6) is 0.598. The highest BCUT2D eigenvalue weighted by atomic mass is 32.2. The Morgan fingerprint density at radius 1 is 1.32 bits per heavy atom. The van der Waals surface area contributed by atoms with Gasteiger partial charge in [0, 0.05) is 25.2 Å². The number of fused-ring (bicyclic) bond motifs is 1. The van der Waals surface area contributed by atoms with Crippen molar-refractivity contribution in [2.45, 2.75) is 30.3 Å². The molecule has 3 fully saturated rings. The summed E-state index contributed by atoms with van der Waals surface area (Å²) in [4.78, 5) is 14.6. The van der Waals surface area contributed by atoms with Crippen LogP contribution in [0.25, 0.3) is 0 Å². The number of likely N-dealkylation sites (tertiary alicyclic amines) is 1. The number of carbonyl (C=O) groups excluding carboxylic acids is 1. The Morgan fingerprint density at radius 3 is 2.68 bits per heavy atom. The molecule has 0 N–H and O–H groups in total. The third kappa shape index (κ3) is 2.46.